The van der Waals surface area contributed by atoms with Gasteiger partial charge in [0.05, 0.1) is 12.6 Å². The Balaban J connectivity index is 1.14. The van der Waals surface area contributed by atoms with Crippen molar-refractivity contribution in [2.45, 2.75) is 12.5 Å². The Bertz CT molecular complexity index is 1450. The van der Waals surface area contributed by atoms with Gasteiger partial charge in [0.15, 0.2) is 0 Å². The number of carbonyl (C=O) groups excluding carboxylic acids is 2. The van der Waals surface area contributed by atoms with E-state index >= 15 is 0 Å². The van der Waals surface area contributed by atoms with E-state index in [1.165, 1.54) is 16.5 Å². The molecule has 7 heteroatoms. The first-order valence-corrected chi connectivity index (χ1v) is 13.6. The summed E-state index contributed by atoms with van der Waals surface area (Å²) in [4.78, 5) is 33.9. The summed E-state index contributed by atoms with van der Waals surface area (Å²) in [5.41, 5.74) is 2.74. The van der Waals surface area contributed by atoms with Gasteiger partial charge in [0, 0.05) is 43.2 Å². The first-order chi connectivity index (χ1) is 18.1. The van der Waals surface area contributed by atoms with Crippen LogP contribution >= 0.6 is 11.3 Å². The standard InChI is InChI=1S/C30H28FN3O2S/c31-23-8-3-7-22(19-23)29-26-12-18-37-27(26)11-13-34(29)20-28(35)32-14-16-33(17-15-32)30(36)25-10-4-6-21-5-1-2-9-24(21)25/h1-10,12,18-19,29H,11,13-17,20H2. The number of fused-ring (bicyclic) bond motifs is 2. The number of carbonyl (C=O) groups is 2. The number of benzene rings is 3. The Kier molecular flexibility index (Phi) is 6.49. The van der Waals surface area contributed by atoms with Crippen molar-refractivity contribution < 1.29 is 14.0 Å². The van der Waals surface area contributed by atoms with E-state index in [4.69, 9.17) is 0 Å². The molecular weight excluding hydrogens is 485 g/mol. The van der Waals surface area contributed by atoms with Gasteiger partial charge in [0.25, 0.3) is 5.91 Å². The van der Waals surface area contributed by atoms with Crippen LogP contribution in [0.2, 0.25) is 0 Å². The third kappa shape index (κ3) is 4.65. The maximum atomic E-state index is 14.1. The van der Waals surface area contributed by atoms with Crippen LogP contribution in [0.5, 0.6) is 0 Å². The van der Waals surface area contributed by atoms with Gasteiger partial charge in [-0.1, -0.05) is 48.5 Å². The molecule has 0 spiro atoms. The van der Waals surface area contributed by atoms with Gasteiger partial charge in [-0.3, -0.25) is 14.5 Å². The number of thiophene rings is 1. The second-order valence-electron chi connectivity index (χ2n) is 9.68. The average molecular weight is 514 g/mol. The summed E-state index contributed by atoms with van der Waals surface area (Å²) in [5, 5.41) is 4.08. The summed E-state index contributed by atoms with van der Waals surface area (Å²) in [6, 6.07) is 22.4. The monoisotopic (exact) mass is 513 g/mol. The van der Waals surface area contributed by atoms with Crippen molar-refractivity contribution in [1.82, 2.24) is 14.7 Å². The molecule has 1 aromatic heterocycles. The Morgan fingerprint density at radius 1 is 0.865 bits per heavy atom. The fourth-order valence-corrected chi connectivity index (χ4v) is 6.52. The number of halogens is 1. The lowest BCUT2D eigenvalue weighted by atomic mass is 9.93. The summed E-state index contributed by atoms with van der Waals surface area (Å²) in [6.45, 7) is 3.06. The van der Waals surface area contributed by atoms with Crippen LogP contribution in [0.25, 0.3) is 10.8 Å². The summed E-state index contributed by atoms with van der Waals surface area (Å²) in [5.74, 6) is -0.202. The zero-order valence-electron chi connectivity index (χ0n) is 20.5. The van der Waals surface area contributed by atoms with Crippen molar-refractivity contribution >= 4 is 33.9 Å². The summed E-state index contributed by atoms with van der Waals surface area (Å²) in [6.07, 6.45) is 0.888. The van der Waals surface area contributed by atoms with Gasteiger partial charge in [-0.05, 0) is 58.0 Å². The summed E-state index contributed by atoms with van der Waals surface area (Å²) in [7, 11) is 0. The van der Waals surface area contributed by atoms with Crippen molar-refractivity contribution in [2.75, 3.05) is 39.3 Å². The topological polar surface area (TPSA) is 43.9 Å². The minimum absolute atomic E-state index is 0.0103. The third-order valence-corrected chi connectivity index (χ3v) is 8.50. The highest BCUT2D eigenvalue weighted by atomic mass is 32.1. The van der Waals surface area contributed by atoms with E-state index in [9.17, 15) is 14.0 Å². The van der Waals surface area contributed by atoms with Crippen LogP contribution in [0, 0.1) is 5.82 Å². The van der Waals surface area contributed by atoms with Crippen molar-refractivity contribution in [3.05, 3.63) is 106 Å². The van der Waals surface area contributed by atoms with Crippen LogP contribution in [0.3, 0.4) is 0 Å². The molecule has 1 atom stereocenters. The van der Waals surface area contributed by atoms with Crippen LogP contribution in [-0.4, -0.2) is 65.8 Å². The number of piperazine rings is 1. The van der Waals surface area contributed by atoms with Crippen LogP contribution in [0.15, 0.2) is 78.2 Å². The zero-order valence-corrected chi connectivity index (χ0v) is 21.3. The molecule has 4 aromatic rings. The Hall–Kier alpha value is -3.55. The molecule has 0 saturated carbocycles. The van der Waals surface area contributed by atoms with Crippen LogP contribution in [0.4, 0.5) is 4.39 Å². The van der Waals surface area contributed by atoms with E-state index < -0.39 is 0 Å². The highest BCUT2D eigenvalue weighted by Crippen LogP contribution is 2.37. The molecule has 0 N–H and O–H groups in total. The zero-order chi connectivity index (χ0) is 25.4. The lowest BCUT2D eigenvalue weighted by molar-refractivity contribution is -0.134. The quantitative estimate of drug-likeness (QED) is 0.387. The second kappa shape index (κ2) is 10.1. The molecule has 3 aromatic carbocycles. The maximum absolute atomic E-state index is 14.1. The Morgan fingerprint density at radius 3 is 2.46 bits per heavy atom. The molecular formula is C30H28FN3O2S. The maximum Gasteiger partial charge on any atom is 0.254 e. The smallest absolute Gasteiger partial charge is 0.254 e. The molecule has 0 radical (unpaired) electrons. The van der Waals surface area contributed by atoms with Crippen LogP contribution in [0.1, 0.15) is 32.4 Å². The van der Waals surface area contributed by atoms with Crippen LogP contribution in [-0.2, 0) is 11.2 Å². The van der Waals surface area contributed by atoms with Crippen molar-refractivity contribution in [2.24, 2.45) is 0 Å². The Labute approximate surface area is 219 Å². The minimum atomic E-state index is -0.266. The van der Waals surface area contributed by atoms with Crippen molar-refractivity contribution in [1.29, 1.82) is 0 Å². The number of rotatable bonds is 4. The van der Waals surface area contributed by atoms with E-state index in [1.807, 2.05) is 58.3 Å². The number of amides is 2. The fraction of sp³-hybridized carbons (Fsp3) is 0.267. The number of hydrogen-bond acceptors (Lipinski definition) is 4. The van der Waals surface area contributed by atoms with Gasteiger partial charge in [-0.25, -0.2) is 4.39 Å². The lowest BCUT2D eigenvalue weighted by Gasteiger charge is -2.39. The lowest BCUT2D eigenvalue weighted by Crippen LogP contribution is -2.53. The largest absolute Gasteiger partial charge is 0.338 e. The fourth-order valence-electron chi connectivity index (χ4n) is 5.62. The predicted octanol–water partition coefficient (Wildman–Crippen LogP) is 4.97. The normalized spacial score (nSPS) is 18.1. The van der Waals surface area contributed by atoms with Gasteiger partial charge in [0.1, 0.15) is 5.82 Å². The molecule has 6 rings (SSSR count). The van der Waals surface area contributed by atoms with Crippen molar-refractivity contribution in [3.63, 3.8) is 0 Å². The predicted molar refractivity (Wildman–Crippen MR) is 144 cm³/mol. The number of nitrogens with zero attached hydrogens (tertiary/aromatic N) is 3. The second-order valence-corrected chi connectivity index (χ2v) is 10.7. The van der Waals surface area contributed by atoms with Gasteiger partial charge >= 0.3 is 0 Å². The molecule has 37 heavy (non-hydrogen) atoms. The summed E-state index contributed by atoms with van der Waals surface area (Å²) >= 11 is 1.73. The highest BCUT2D eigenvalue weighted by Gasteiger charge is 2.33. The number of hydrogen-bond donors (Lipinski definition) is 0. The van der Waals surface area contributed by atoms with E-state index in [0.29, 0.717) is 31.7 Å². The molecule has 1 saturated heterocycles. The molecule has 2 aliphatic heterocycles. The molecule has 0 aliphatic carbocycles. The van der Waals surface area contributed by atoms with E-state index in [0.717, 1.165) is 29.3 Å². The molecule has 3 heterocycles. The van der Waals surface area contributed by atoms with E-state index in [2.05, 4.69) is 16.3 Å². The van der Waals surface area contributed by atoms with Crippen molar-refractivity contribution in [3.8, 4) is 0 Å². The van der Waals surface area contributed by atoms with Crippen LogP contribution < -0.4 is 0 Å². The first kappa shape index (κ1) is 23.8. The minimum Gasteiger partial charge on any atom is -0.338 e. The Morgan fingerprint density at radius 2 is 1.62 bits per heavy atom. The van der Waals surface area contributed by atoms with E-state index in [-0.39, 0.29) is 30.2 Å². The van der Waals surface area contributed by atoms with Gasteiger partial charge in [-0.2, -0.15) is 0 Å². The van der Waals surface area contributed by atoms with Gasteiger partial charge in [0.2, 0.25) is 5.91 Å². The average Bonchev–Trinajstić information content (AvgIpc) is 3.41. The molecule has 1 unspecified atom stereocenters. The van der Waals surface area contributed by atoms with Gasteiger partial charge < -0.3 is 9.80 Å². The first-order valence-electron chi connectivity index (χ1n) is 12.7. The molecule has 2 aliphatic rings. The van der Waals surface area contributed by atoms with Gasteiger partial charge in [-0.15, -0.1) is 11.3 Å². The SMILES string of the molecule is O=C(CN1CCc2sccc2C1c1cccc(F)c1)N1CCN(C(=O)c2cccc3ccccc23)CC1. The third-order valence-electron chi connectivity index (χ3n) is 7.51. The summed E-state index contributed by atoms with van der Waals surface area (Å²) < 4.78 is 14.1. The highest BCUT2D eigenvalue weighted by molar-refractivity contribution is 7.10. The molecule has 0 bridgehead atoms. The molecule has 1 fully saturated rings. The molecule has 2 amide bonds. The molecule has 188 valence electrons. The molecule has 5 nitrogen and oxygen atoms in total. The van der Waals surface area contributed by atoms with E-state index in [1.54, 1.807) is 23.5 Å².